The molecule has 142 valence electrons. The molecule has 2 aromatic rings. The molecule has 0 aromatic carbocycles. The molecule has 0 bridgehead atoms. The lowest BCUT2D eigenvalue weighted by Crippen LogP contribution is -2.31. The molecule has 0 aliphatic heterocycles. The van der Waals surface area contributed by atoms with Crippen LogP contribution in [-0.4, -0.2) is 33.7 Å². The van der Waals surface area contributed by atoms with E-state index < -0.39 is 24.5 Å². The van der Waals surface area contributed by atoms with Crippen molar-refractivity contribution in [2.75, 3.05) is 11.1 Å². The molecule has 26 heavy (non-hydrogen) atoms. The maximum absolute atomic E-state index is 13.2. The summed E-state index contributed by atoms with van der Waals surface area (Å²) < 4.78 is 68.4. The third kappa shape index (κ3) is 4.09. The highest BCUT2D eigenvalue weighted by Gasteiger charge is 2.34. The minimum absolute atomic E-state index is 0.0133. The summed E-state index contributed by atoms with van der Waals surface area (Å²) in [6.07, 6.45) is -1.45. The van der Waals surface area contributed by atoms with Gasteiger partial charge in [0.2, 0.25) is 5.95 Å². The monoisotopic (exact) mass is 377 g/mol. The number of hydrogen-bond donors (Lipinski definition) is 2. The smallest absolute Gasteiger partial charge is 0.383 e. The first-order valence-electron chi connectivity index (χ1n) is 7.92. The number of pyridine rings is 1. The third-order valence-corrected chi connectivity index (χ3v) is 4.26. The molecule has 11 heteroatoms. The van der Waals surface area contributed by atoms with Gasteiger partial charge in [0.1, 0.15) is 11.4 Å². The normalized spacial score (nSPS) is 21.3. The lowest BCUT2D eigenvalue weighted by molar-refractivity contribution is -0.169. The zero-order chi connectivity index (χ0) is 18.9. The highest BCUT2D eigenvalue weighted by atomic mass is 19.4. The van der Waals surface area contributed by atoms with Gasteiger partial charge in [0.25, 0.3) is 0 Å². The van der Waals surface area contributed by atoms with Crippen LogP contribution in [0.1, 0.15) is 31.2 Å². The van der Waals surface area contributed by atoms with E-state index in [0.29, 0.717) is 31.9 Å². The summed E-state index contributed by atoms with van der Waals surface area (Å²) >= 11 is 0. The zero-order valence-corrected chi connectivity index (χ0v) is 13.4. The maximum Gasteiger partial charge on any atom is 0.419 e. The lowest BCUT2D eigenvalue weighted by Gasteiger charge is -2.28. The van der Waals surface area contributed by atoms with Gasteiger partial charge < -0.3 is 15.8 Å². The van der Waals surface area contributed by atoms with Crippen molar-refractivity contribution >= 4 is 22.7 Å². The quantitative estimate of drug-likeness (QED) is 0.792. The molecule has 0 atom stereocenters. The van der Waals surface area contributed by atoms with Crippen LogP contribution >= 0.6 is 0 Å². The summed E-state index contributed by atoms with van der Waals surface area (Å²) in [6.45, 7) is -2.81. The highest BCUT2D eigenvalue weighted by molar-refractivity contribution is 5.90. The molecule has 0 saturated heterocycles. The number of halogens is 5. The number of ether oxygens (including phenoxy) is 1. The Morgan fingerprint density at radius 3 is 2.42 bits per heavy atom. The zero-order valence-electron chi connectivity index (χ0n) is 13.4. The number of aromatic nitrogens is 3. The summed E-state index contributed by atoms with van der Waals surface area (Å²) in [6, 6.07) is -0.140. The van der Waals surface area contributed by atoms with E-state index in [1.165, 1.54) is 6.20 Å². The van der Waals surface area contributed by atoms with Crippen LogP contribution < -0.4 is 11.1 Å². The molecular formula is C15H16F5N5O. The van der Waals surface area contributed by atoms with E-state index in [1.807, 2.05) is 0 Å². The van der Waals surface area contributed by atoms with Gasteiger partial charge in [-0.05, 0) is 25.7 Å². The fraction of sp³-hybridized carbons (Fsp3) is 0.533. The second-order valence-corrected chi connectivity index (χ2v) is 6.03. The van der Waals surface area contributed by atoms with Gasteiger partial charge in [-0.15, -0.1) is 0 Å². The Morgan fingerprint density at radius 1 is 1.12 bits per heavy atom. The molecule has 2 aromatic heterocycles. The van der Waals surface area contributed by atoms with Crippen LogP contribution in [0.15, 0.2) is 12.4 Å². The lowest BCUT2D eigenvalue weighted by atomic mass is 9.93. The van der Waals surface area contributed by atoms with E-state index in [0.717, 1.165) is 0 Å². The van der Waals surface area contributed by atoms with Gasteiger partial charge in [0, 0.05) is 18.4 Å². The molecule has 1 saturated carbocycles. The summed E-state index contributed by atoms with van der Waals surface area (Å²) in [4.78, 5) is 11.5. The predicted octanol–water partition coefficient (Wildman–Crippen LogP) is 3.59. The summed E-state index contributed by atoms with van der Waals surface area (Å²) in [5, 5.41) is 2.96. The topological polar surface area (TPSA) is 86.0 Å². The van der Waals surface area contributed by atoms with Gasteiger partial charge in [0.05, 0.1) is 17.0 Å². The SMILES string of the molecule is Nc1ncc(C(F)(F)F)c2nc(N[C@H]3CC[C@H](OC(F)F)CC3)ncc12. The number of anilines is 2. The summed E-state index contributed by atoms with van der Waals surface area (Å²) in [5.74, 6) is -0.0731. The van der Waals surface area contributed by atoms with Crippen LogP contribution in [0.3, 0.4) is 0 Å². The van der Waals surface area contributed by atoms with Crippen molar-refractivity contribution in [2.24, 2.45) is 0 Å². The van der Waals surface area contributed by atoms with Crippen molar-refractivity contribution in [3.8, 4) is 0 Å². The van der Waals surface area contributed by atoms with E-state index in [-0.39, 0.29) is 28.7 Å². The molecule has 0 amide bonds. The Morgan fingerprint density at radius 2 is 1.81 bits per heavy atom. The van der Waals surface area contributed by atoms with Crippen LogP contribution in [0, 0.1) is 0 Å². The van der Waals surface area contributed by atoms with Crippen molar-refractivity contribution in [1.29, 1.82) is 0 Å². The second kappa shape index (κ2) is 7.14. The molecule has 0 unspecified atom stereocenters. The Bertz CT molecular complexity index is 777. The van der Waals surface area contributed by atoms with Crippen molar-refractivity contribution < 1.29 is 26.7 Å². The first-order chi connectivity index (χ1) is 12.2. The van der Waals surface area contributed by atoms with Crippen LogP contribution in [0.5, 0.6) is 0 Å². The Labute approximate surface area is 145 Å². The van der Waals surface area contributed by atoms with Gasteiger partial charge >= 0.3 is 12.8 Å². The first-order valence-corrected chi connectivity index (χ1v) is 7.92. The van der Waals surface area contributed by atoms with Crippen molar-refractivity contribution in [3.63, 3.8) is 0 Å². The molecule has 3 rings (SSSR count). The molecule has 0 radical (unpaired) electrons. The van der Waals surface area contributed by atoms with Crippen LogP contribution in [0.25, 0.3) is 10.9 Å². The van der Waals surface area contributed by atoms with E-state index >= 15 is 0 Å². The van der Waals surface area contributed by atoms with Crippen molar-refractivity contribution in [2.45, 2.75) is 50.6 Å². The molecule has 1 aliphatic rings. The Hall–Kier alpha value is -2.30. The molecule has 0 spiro atoms. The first kappa shape index (κ1) is 18.5. The van der Waals surface area contributed by atoms with Crippen LogP contribution in [-0.2, 0) is 10.9 Å². The number of alkyl halides is 5. The number of nitrogens with zero attached hydrogens (tertiary/aromatic N) is 3. The predicted molar refractivity (Wildman–Crippen MR) is 83.5 cm³/mol. The minimum Gasteiger partial charge on any atom is -0.383 e. The number of hydrogen-bond acceptors (Lipinski definition) is 6. The summed E-state index contributed by atoms with van der Waals surface area (Å²) in [7, 11) is 0. The van der Waals surface area contributed by atoms with Gasteiger partial charge in [-0.2, -0.15) is 22.0 Å². The van der Waals surface area contributed by atoms with Crippen molar-refractivity contribution in [1.82, 2.24) is 15.0 Å². The average Bonchev–Trinajstić information content (AvgIpc) is 2.55. The molecule has 1 aliphatic carbocycles. The molecule has 1 fully saturated rings. The van der Waals surface area contributed by atoms with E-state index in [2.05, 4.69) is 25.0 Å². The van der Waals surface area contributed by atoms with Gasteiger partial charge in [-0.1, -0.05) is 0 Å². The largest absolute Gasteiger partial charge is 0.419 e. The summed E-state index contributed by atoms with van der Waals surface area (Å²) in [5.41, 5.74) is 4.27. The van der Waals surface area contributed by atoms with Crippen molar-refractivity contribution in [3.05, 3.63) is 18.0 Å². The van der Waals surface area contributed by atoms with E-state index in [1.54, 1.807) is 0 Å². The molecule has 6 nitrogen and oxygen atoms in total. The molecule has 3 N–H and O–H groups in total. The van der Waals surface area contributed by atoms with E-state index in [9.17, 15) is 22.0 Å². The third-order valence-electron chi connectivity index (χ3n) is 4.26. The van der Waals surface area contributed by atoms with Gasteiger partial charge in [-0.3, -0.25) is 0 Å². The standard InChI is InChI=1S/C15H16F5N5O/c16-13(17)26-8-3-1-7(2-4-8)24-14-23-5-9-11(25-14)10(15(18,19)20)6-22-12(9)21/h5-8,13H,1-4H2,(H2,21,22)(H,23,24,25)/t7-,8-. The average molecular weight is 377 g/mol. The fourth-order valence-electron chi connectivity index (χ4n) is 2.99. The number of nitrogens with two attached hydrogens (primary N) is 1. The maximum atomic E-state index is 13.2. The minimum atomic E-state index is -4.63. The number of nitrogen functional groups attached to an aromatic ring is 1. The molecular weight excluding hydrogens is 361 g/mol. The second-order valence-electron chi connectivity index (χ2n) is 6.03. The van der Waals surface area contributed by atoms with Gasteiger partial charge in [0.15, 0.2) is 0 Å². The molecule has 2 heterocycles. The Kier molecular flexibility index (Phi) is 5.08. The number of nitrogens with one attached hydrogen (secondary N) is 1. The fourth-order valence-corrected chi connectivity index (χ4v) is 2.99. The number of rotatable bonds is 4. The van der Waals surface area contributed by atoms with Crippen LogP contribution in [0.2, 0.25) is 0 Å². The number of fused-ring (bicyclic) bond motifs is 1. The van der Waals surface area contributed by atoms with E-state index in [4.69, 9.17) is 5.73 Å². The van der Waals surface area contributed by atoms with Gasteiger partial charge in [-0.25, -0.2) is 15.0 Å². The Balaban J connectivity index is 1.77. The highest BCUT2D eigenvalue weighted by Crippen LogP contribution is 2.35. The van der Waals surface area contributed by atoms with Crippen LogP contribution in [0.4, 0.5) is 33.7 Å².